The highest BCUT2D eigenvalue weighted by Crippen LogP contribution is 2.35. The van der Waals surface area contributed by atoms with E-state index in [4.69, 9.17) is 9.47 Å². The standard InChI is InChI=1S/C26H26N4O4S/c1-4-12-34-20-11-10-18(13-21(20)33-3)14-28-29-22(31)15-30-16-27-25-24(26(30)32)23(17(2)35-25)19-8-6-5-7-9-19/h5-11,13-14,16H,4,12,15H2,1-3H3,(H,29,31)/b28-14-. The molecule has 35 heavy (non-hydrogen) atoms. The first-order valence-electron chi connectivity index (χ1n) is 11.2. The lowest BCUT2D eigenvalue weighted by atomic mass is 10.0. The van der Waals surface area contributed by atoms with Gasteiger partial charge in [-0.25, -0.2) is 10.4 Å². The third-order valence-electron chi connectivity index (χ3n) is 5.28. The van der Waals surface area contributed by atoms with Crippen molar-refractivity contribution in [3.05, 3.63) is 75.7 Å². The Balaban J connectivity index is 1.49. The van der Waals surface area contributed by atoms with Crippen LogP contribution in [0.15, 0.2) is 64.8 Å². The van der Waals surface area contributed by atoms with Crippen LogP contribution in [-0.2, 0) is 11.3 Å². The van der Waals surface area contributed by atoms with Gasteiger partial charge in [0.2, 0.25) is 0 Å². The molecular formula is C26H26N4O4S. The van der Waals surface area contributed by atoms with E-state index < -0.39 is 5.91 Å². The Morgan fingerprint density at radius 2 is 2.00 bits per heavy atom. The van der Waals surface area contributed by atoms with Gasteiger partial charge in [0.1, 0.15) is 11.4 Å². The van der Waals surface area contributed by atoms with Crippen LogP contribution in [0, 0.1) is 6.92 Å². The predicted molar refractivity (Wildman–Crippen MR) is 139 cm³/mol. The van der Waals surface area contributed by atoms with Gasteiger partial charge in [0.25, 0.3) is 11.5 Å². The monoisotopic (exact) mass is 490 g/mol. The number of hydrogen-bond donors (Lipinski definition) is 1. The molecule has 8 nitrogen and oxygen atoms in total. The summed E-state index contributed by atoms with van der Waals surface area (Å²) < 4.78 is 12.3. The number of carbonyl (C=O) groups excluding carboxylic acids is 1. The van der Waals surface area contributed by atoms with Crippen molar-refractivity contribution in [1.82, 2.24) is 15.0 Å². The Kier molecular flexibility index (Phi) is 7.57. The maximum absolute atomic E-state index is 13.2. The van der Waals surface area contributed by atoms with Crippen LogP contribution >= 0.6 is 11.3 Å². The Morgan fingerprint density at radius 1 is 1.20 bits per heavy atom. The van der Waals surface area contributed by atoms with Crippen molar-refractivity contribution in [2.24, 2.45) is 5.10 Å². The number of fused-ring (bicyclic) bond motifs is 1. The number of nitrogens with one attached hydrogen (secondary N) is 1. The van der Waals surface area contributed by atoms with E-state index in [0.717, 1.165) is 28.0 Å². The number of nitrogens with zero attached hydrogens (tertiary/aromatic N) is 3. The fraction of sp³-hybridized carbons (Fsp3) is 0.231. The molecule has 2 aromatic carbocycles. The number of methoxy groups -OCH3 is 1. The van der Waals surface area contributed by atoms with Gasteiger partial charge in [0, 0.05) is 10.4 Å². The molecule has 4 rings (SSSR count). The van der Waals surface area contributed by atoms with Gasteiger partial charge in [-0.15, -0.1) is 11.3 Å². The van der Waals surface area contributed by atoms with Crippen molar-refractivity contribution in [3.8, 4) is 22.6 Å². The Morgan fingerprint density at radius 3 is 2.74 bits per heavy atom. The summed E-state index contributed by atoms with van der Waals surface area (Å²) in [6.07, 6.45) is 3.80. The lowest BCUT2D eigenvalue weighted by Crippen LogP contribution is -2.30. The topological polar surface area (TPSA) is 94.8 Å². The molecule has 4 aromatic rings. The van der Waals surface area contributed by atoms with E-state index in [1.807, 2.05) is 50.2 Å². The largest absolute Gasteiger partial charge is 0.493 e. The van der Waals surface area contributed by atoms with Crippen molar-refractivity contribution < 1.29 is 14.3 Å². The molecule has 0 bridgehead atoms. The zero-order chi connectivity index (χ0) is 24.8. The van der Waals surface area contributed by atoms with Gasteiger partial charge in [-0.1, -0.05) is 37.3 Å². The predicted octanol–water partition coefficient (Wildman–Crippen LogP) is 4.38. The van der Waals surface area contributed by atoms with E-state index in [-0.39, 0.29) is 12.1 Å². The number of hydrazone groups is 1. The second-order valence-corrected chi connectivity index (χ2v) is 9.01. The highest BCUT2D eigenvalue weighted by atomic mass is 32.1. The van der Waals surface area contributed by atoms with Gasteiger partial charge in [-0.05, 0) is 42.7 Å². The fourth-order valence-electron chi connectivity index (χ4n) is 3.67. The lowest BCUT2D eigenvalue weighted by molar-refractivity contribution is -0.121. The molecular weight excluding hydrogens is 464 g/mol. The molecule has 0 fully saturated rings. The average Bonchev–Trinajstić information content (AvgIpc) is 3.22. The van der Waals surface area contributed by atoms with E-state index in [0.29, 0.717) is 28.3 Å². The van der Waals surface area contributed by atoms with Gasteiger partial charge >= 0.3 is 0 Å². The third-order valence-corrected chi connectivity index (χ3v) is 6.30. The quantitative estimate of drug-likeness (QED) is 0.278. The lowest BCUT2D eigenvalue weighted by Gasteiger charge is -2.10. The van der Waals surface area contributed by atoms with Crippen LogP contribution in [-0.4, -0.2) is 35.4 Å². The number of rotatable bonds is 9. The van der Waals surface area contributed by atoms with Gasteiger partial charge in [0.05, 0.1) is 31.6 Å². The van der Waals surface area contributed by atoms with Crippen LogP contribution in [0.4, 0.5) is 0 Å². The number of carbonyl (C=O) groups is 1. The number of hydrogen-bond acceptors (Lipinski definition) is 7. The summed E-state index contributed by atoms with van der Waals surface area (Å²) in [7, 11) is 1.57. The molecule has 0 atom stereocenters. The first-order valence-corrected chi connectivity index (χ1v) is 12.0. The molecule has 0 spiro atoms. The molecule has 0 aliphatic heterocycles. The molecule has 0 saturated carbocycles. The smallest absolute Gasteiger partial charge is 0.263 e. The minimum absolute atomic E-state index is 0.199. The number of aromatic nitrogens is 2. The maximum atomic E-state index is 13.2. The molecule has 1 amide bonds. The SMILES string of the molecule is CCCOc1ccc(/C=N\NC(=O)Cn2cnc3sc(C)c(-c4ccccc4)c3c2=O)cc1OC. The molecule has 1 N–H and O–H groups in total. The van der Waals surface area contributed by atoms with Gasteiger partial charge in [-0.2, -0.15) is 5.10 Å². The minimum Gasteiger partial charge on any atom is -0.493 e. The normalized spacial score (nSPS) is 11.2. The molecule has 180 valence electrons. The summed E-state index contributed by atoms with van der Waals surface area (Å²) in [5.74, 6) is 0.795. The number of aryl methyl sites for hydroxylation is 1. The summed E-state index contributed by atoms with van der Waals surface area (Å²) in [6, 6.07) is 15.1. The Bertz CT molecular complexity index is 1430. The summed E-state index contributed by atoms with van der Waals surface area (Å²) >= 11 is 1.47. The van der Waals surface area contributed by atoms with Crippen LogP contribution in [0.3, 0.4) is 0 Å². The summed E-state index contributed by atoms with van der Waals surface area (Å²) in [5, 5.41) is 4.53. The van der Waals surface area contributed by atoms with E-state index in [2.05, 4.69) is 15.5 Å². The molecule has 0 aliphatic rings. The first-order chi connectivity index (χ1) is 17.0. The highest BCUT2D eigenvalue weighted by molar-refractivity contribution is 7.19. The second kappa shape index (κ2) is 11.0. The van der Waals surface area contributed by atoms with E-state index in [9.17, 15) is 9.59 Å². The van der Waals surface area contributed by atoms with Crippen LogP contribution in [0.5, 0.6) is 11.5 Å². The van der Waals surface area contributed by atoms with Gasteiger partial charge in [-0.3, -0.25) is 14.2 Å². The van der Waals surface area contributed by atoms with Gasteiger partial charge in [0.15, 0.2) is 11.5 Å². The Hall–Kier alpha value is -3.98. The summed E-state index contributed by atoms with van der Waals surface area (Å²) in [4.78, 5) is 31.8. The molecule has 0 unspecified atom stereocenters. The molecule has 2 heterocycles. The number of amides is 1. The number of thiophene rings is 1. The highest BCUT2D eigenvalue weighted by Gasteiger charge is 2.17. The maximum Gasteiger partial charge on any atom is 0.263 e. The molecule has 9 heteroatoms. The molecule has 0 radical (unpaired) electrons. The van der Waals surface area contributed by atoms with E-state index in [1.165, 1.54) is 28.4 Å². The summed E-state index contributed by atoms with van der Waals surface area (Å²) in [5.41, 5.74) is 4.74. The first kappa shape index (κ1) is 24.2. The van der Waals surface area contributed by atoms with Crippen molar-refractivity contribution in [1.29, 1.82) is 0 Å². The molecule has 0 saturated heterocycles. The van der Waals surface area contributed by atoms with Crippen LogP contribution in [0.1, 0.15) is 23.8 Å². The molecule has 0 aliphatic carbocycles. The number of benzene rings is 2. The van der Waals surface area contributed by atoms with Crippen molar-refractivity contribution >= 4 is 33.7 Å². The van der Waals surface area contributed by atoms with Crippen molar-refractivity contribution in [3.63, 3.8) is 0 Å². The Labute approximate surface area is 206 Å². The van der Waals surface area contributed by atoms with E-state index in [1.54, 1.807) is 19.2 Å². The van der Waals surface area contributed by atoms with Crippen molar-refractivity contribution in [2.45, 2.75) is 26.8 Å². The number of ether oxygens (including phenoxy) is 2. The zero-order valence-electron chi connectivity index (χ0n) is 19.8. The van der Waals surface area contributed by atoms with Crippen molar-refractivity contribution in [2.75, 3.05) is 13.7 Å². The van der Waals surface area contributed by atoms with Crippen LogP contribution in [0.25, 0.3) is 21.3 Å². The third kappa shape index (κ3) is 5.41. The summed E-state index contributed by atoms with van der Waals surface area (Å²) in [6.45, 7) is 4.40. The zero-order valence-corrected chi connectivity index (χ0v) is 20.6. The van der Waals surface area contributed by atoms with Crippen LogP contribution < -0.4 is 20.5 Å². The molecule has 2 aromatic heterocycles. The minimum atomic E-state index is -0.437. The van der Waals surface area contributed by atoms with Gasteiger partial charge < -0.3 is 9.47 Å². The second-order valence-electron chi connectivity index (χ2n) is 7.81. The van der Waals surface area contributed by atoms with E-state index >= 15 is 0 Å². The van der Waals surface area contributed by atoms with Crippen LogP contribution in [0.2, 0.25) is 0 Å². The fourth-order valence-corrected chi connectivity index (χ4v) is 4.67. The average molecular weight is 491 g/mol.